The zero-order chi connectivity index (χ0) is 14.5. The lowest BCUT2D eigenvalue weighted by atomic mass is 10.1. The molecule has 2 rings (SSSR count). The first-order valence-electron chi connectivity index (χ1n) is 6.56. The van der Waals surface area contributed by atoms with E-state index in [1.165, 1.54) is 12.1 Å². The van der Waals surface area contributed by atoms with E-state index in [0.717, 1.165) is 17.5 Å². The summed E-state index contributed by atoms with van der Waals surface area (Å²) in [6.45, 7) is 2.51. The summed E-state index contributed by atoms with van der Waals surface area (Å²) in [7, 11) is 1.88. The van der Waals surface area contributed by atoms with Crippen LogP contribution < -0.4 is 10.6 Å². The molecule has 0 bridgehead atoms. The zero-order valence-corrected chi connectivity index (χ0v) is 11.8. The number of nitrogens with zero attached hydrogens (tertiary/aromatic N) is 3. The van der Waals surface area contributed by atoms with Gasteiger partial charge in [-0.25, -0.2) is 14.4 Å². The van der Waals surface area contributed by atoms with Crippen LogP contribution in [0.15, 0.2) is 36.7 Å². The van der Waals surface area contributed by atoms with Gasteiger partial charge in [0.25, 0.3) is 0 Å². The van der Waals surface area contributed by atoms with Gasteiger partial charge in [0.1, 0.15) is 5.82 Å². The SMILES string of the molecule is CC(N)Cc1cnc(N(C)Cc2cccc(F)c2)nc1. The summed E-state index contributed by atoms with van der Waals surface area (Å²) < 4.78 is 13.1. The highest BCUT2D eigenvalue weighted by Gasteiger charge is 2.06. The maximum Gasteiger partial charge on any atom is 0.225 e. The number of anilines is 1. The summed E-state index contributed by atoms with van der Waals surface area (Å²) in [5, 5.41) is 0. The lowest BCUT2D eigenvalue weighted by Crippen LogP contribution is -2.20. The Kier molecular flexibility index (Phi) is 4.63. The van der Waals surface area contributed by atoms with Crippen LogP contribution >= 0.6 is 0 Å². The minimum absolute atomic E-state index is 0.0921. The number of benzene rings is 1. The first-order valence-corrected chi connectivity index (χ1v) is 6.56. The third kappa shape index (κ3) is 3.99. The molecule has 0 aliphatic carbocycles. The lowest BCUT2D eigenvalue weighted by Gasteiger charge is -2.17. The van der Waals surface area contributed by atoms with E-state index in [9.17, 15) is 4.39 Å². The van der Waals surface area contributed by atoms with Crippen LogP contribution in [-0.2, 0) is 13.0 Å². The van der Waals surface area contributed by atoms with Gasteiger partial charge in [-0.15, -0.1) is 0 Å². The summed E-state index contributed by atoms with van der Waals surface area (Å²) >= 11 is 0. The van der Waals surface area contributed by atoms with Crippen molar-refractivity contribution >= 4 is 5.95 Å². The highest BCUT2D eigenvalue weighted by Crippen LogP contribution is 2.11. The van der Waals surface area contributed by atoms with Crippen molar-refractivity contribution in [3.05, 3.63) is 53.6 Å². The van der Waals surface area contributed by atoms with Crippen LogP contribution in [0, 0.1) is 5.82 Å². The minimum Gasteiger partial charge on any atom is -0.340 e. The molecule has 0 amide bonds. The van der Waals surface area contributed by atoms with E-state index >= 15 is 0 Å². The Balaban J connectivity index is 2.03. The van der Waals surface area contributed by atoms with Crippen molar-refractivity contribution in [2.45, 2.75) is 25.9 Å². The van der Waals surface area contributed by atoms with Gasteiger partial charge in [-0.3, -0.25) is 0 Å². The summed E-state index contributed by atoms with van der Waals surface area (Å²) in [4.78, 5) is 10.5. The maximum atomic E-state index is 13.1. The maximum absolute atomic E-state index is 13.1. The second kappa shape index (κ2) is 6.43. The average Bonchev–Trinajstić information content (AvgIpc) is 2.38. The summed E-state index contributed by atoms with van der Waals surface area (Å²) in [5.41, 5.74) is 7.64. The molecular weight excluding hydrogens is 255 g/mol. The standard InChI is InChI=1S/C15H19FN4/c1-11(17)6-13-8-18-15(19-9-13)20(2)10-12-4-3-5-14(16)7-12/h3-5,7-9,11H,6,10,17H2,1-2H3. The zero-order valence-electron chi connectivity index (χ0n) is 11.8. The van der Waals surface area contributed by atoms with Crippen LogP contribution in [0.3, 0.4) is 0 Å². The van der Waals surface area contributed by atoms with E-state index in [4.69, 9.17) is 5.73 Å². The summed E-state index contributed by atoms with van der Waals surface area (Å²) in [5.74, 6) is 0.381. The number of halogens is 1. The van der Waals surface area contributed by atoms with Crippen molar-refractivity contribution in [3.8, 4) is 0 Å². The largest absolute Gasteiger partial charge is 0.340 e. The predicted molar refractivity (Wildman–Crippen MR) is 77.9 cm³/mol. The highest BCUT2D eigenvalue weighted by molar-refractivity contribution is 5.31. The molecule has 0 aliphatic rings. The Hall–Kier alpha value is -2.01. The van der Waals surface area contributed by atoms with Crippen molar-refractivity contribution in [2.75, 3.05) is 11.9 Å². The fourth-order valence-electron chi connectivity index (χ4n) is 2.00. The van der Waals surface area contributed by atoms with Gasteiger partial charge >= 0.3 is 0 Å². The van der Waals surface area contributed by atoms with Crippen LogP contribution in [-0.4, -0.2) is 23.1 Å². The Morgan fingerprint density at radius 2 is 1.95 bits per heavy atom. The molecule has 2 aromatic rings. The number of aromatic nitrogens is 2. The monoisotopic (exact) mass is 274 g/mol. The fraction of sp³-hybridized carbons (Fsp3) is 0.333. The van der Waals surface area contributed by atoms with E-state index in [1.807, 2.05) is 24.9 Å². The van der Waals surface area contributed by atoms with Crippen molar-refractivity contribution in [1.82, 2.24) is 9.97 Å². The Morgan fingerprint density at radius 3 is 2.55 bits per heavy atom. The Bertz CT molecular complexity index is 554. The summed E-state index contributed by atoms with van der Waals surface area (Å²) in [6.07, 6.45) is 4.33. The van der Waals surface area contributed by atoms with Crippen molar-refractivity contribution in [3.63, 3.8) is 0 Å². The van der Waals surface area contributed by atoms with Gasteiger partial charge in [-0.2, -0.15) is 0 Å². The van der Waals surface area contributed by atoms with Gasteiger partial charge in [0.05, 0.1) is 0 Å². The van der Waals surface area contributed by atoms with E-state index in [-0.39, 0.29) is 11.9 Å². The Labute approximate surface area is 118 Å². The Morgan fingerprint density at radius 1 is 1.25 bits per heavy atom. The topological polar surface area (TPSA) is 55.0 Å². The molecule has 0 saturated heterocycles. The molecule has 0 spiro atoms. The third-order valence-electron chi connectivity index (χ3n) is 2.90. The molecule has 0 fully saturated rings. The number of hydrogen-bond acceptors (Lipinski definition) is 4. The van der Waals surface area contributed by atoms with Gasteiger partial charge in [-0.05, 0) is 36.6 Å². The van der Waals surface area contributed by atoms with E-state index < -0.39 is 0 Å². The van der Waals surface area contributed by atoms with E-state index in [1.54, 1.807) is 18.5 Å². The van der Waals surface area contributed by atoms with Crippen molar-refractivity contribution in [2.24, 2.45) is 5.73 Å². The molecule has 1 heterocycles. The molecule has 0 radical (unpaired) electrons. The number of rotatable bonds is 5. The number of nitrogens with two attached hydrogens (primary N) is 1. The molecule has 106 valence electrons. The molecule has 1 atom stereocenters. The molecule has 5 heteroatoms. The molecule has 0 aliphatic heterocycles. The quantitative estimate of drug-likeness (QED) is 0.907. The molecular formula is C15H19FN4. The molecule has 1 unspecified atom stereocenters. The third-order valence-corrected chi connectivity index (χ3v) is 2.90. The smallest absolute Gasteiger partial charge is 0.225 e. The fourth-order valence-corrected chi connectivity index (χ4v) is 2.00. The predicted octanol–water partition coefficient (Wildman–Crippen LogP) is 2.14. The molecule has 20 heavy (non-hydrogen) atoms. The highest BCUT2D eigenvalue weighted by atomic mass is 19.1. The van der Waals surface area contributed by atoms with Crippen LogP contribution in [0.5, 0.6) is 0 Å². The second-order valence-electron chi connectivity index (χ2n) is 5.06. The first kappa shape index (κ1) is 14.4. The minimum atomic E-state index is -0.232. The van der Waals surface area contributed by atoms with Crippen molar-refractivity contribution in [1.29, 1.82) is 0 Å². The van der Waals surface area contributed by atoms with Gasteiger partial charge in [0, 0.05) is 32.0 Å². The van der Waals surface area contributed by atoms with Gasteiger partial charge in [0.15, 0.2) is 0 Å². The molecule has 1 aromatic carbocycles. The molecule has 0 saturated carbocycles. The van der Waals surface area contributed by atoms with Crippen molar-refractivity contribution < 1.29 is 4.39 Å². The van der Waals surface area contributed by atoms with E-state index in [0.29, 0.717) is 12.5 Å². The van der Waals surface area contributed by atoms with Crippen LogP contribution in [0.25, 0.3) is 0 Å². The second-order valence-corrected chi connectivity index (χ2v) is 5.06. The van der Waals surface area contributed by atoms with Gasteiger partial charge < -0.3 is 10.6 Å². The van der Waals surface area contributed by atoms with E-state index in [2.05, 4.69) is 9.97 Å². The summed E-state index contributed by atoms with van der Waals surface area (Å²) in [6, 6.07) is 6.62. The van der Waals surface area contributed by atoms with Crippen LogP contribution in [0.4, 0.5) is 10.3 Å². The normalized spacial score (nSPS) is 12.2. The van der Waals surface area contributed by atoms with Crippen LogP contribution in [0.1, 0.15) is 18.1 Å². The van der Waals surface area contributed by atoms with Gasteiger partial charge in [-0.1, -0.05) is 12.1 Å². The van der Waals surface area contributed by atoms with Crippen LogP contribution in [0.2, 0.25) is 0 Å². The molecule has 4 nitrogen and oxygen atoms in total. The first-order chi connectivity index (χ1) is 9.54. The molecule has 2 N–H and O–H groups in total. The molecule has 1 aromatic heterocycles. The number of hydrogen-bond donors (Lipinski definition) is 1. The lowest BCUT2D eigenvalue weighted by molar-refractivity contribution is 0.625. The van der Waals surface area contributed by atoms with Gasteiger partial charge in [0.2, 0.25) is 5.95 Å². The average molecular weight is 274 g/mol.